The van der Waals surface area contributed by atoms with Crippen molar-refractivity contribution in [1.82, 2.24) is 15.2 Å². The Hall–Kier alpha value is -2.66. The van der Waals surface area contributed by atoms with E-state index in [1.165, 1.54) is 11.3 Å². The van der Waals surface area contributed by atoms with Gasteiger partial charge < -0.3 is 9.80 Å². The van der Waals surface area contributed by atoms with Crippen LogP contribution in [0.4, 0.5) is 5.69 Å². The van der Waals surface area contributed by atoms with Gasteiger partial charge in [0, 0.05) is 12.2 Å². The van der Waals surface area contributed by atoms with Crippen LogP contribution in [0.5, 0.6) is 0 Å². The Labute approximate surface area is 169 Å². The van der Waals surface area contributed by atoms with Crippen LogP contribution in [0, 0.1) is 11.3 Å². The topological polar surface area (TPSA) is 62.6 Å². The number of carbonyl (C=O) groups is 1. The lowest BCUT2D eigenvalue weighted by Crippen LogP contribution is -2.56. The van der Waals surface area contributed by atoms with Crippen LogP contribution in [0.25, 0.3) is 0 Å². The number of hydrogen-bond donors (Lipinski definition) is 1. The van der Waals surface area contributed by atoms with Crippen molar-refractivity contribution in [2.75, 3.05) is 25.1 Å². The Bertz CT molecular complexity index is 879. The minimum absolute atomic E-state index is 0.0772. The molecule has 1 unspecified atom stereocenters. The summed E-state index contributed by atoms with van der Waals surface area (Å²) in [6, 6.07) is 13.6. The van der Waals surface area contributed by atoms with Crippen molar-refractivity contribution in [3.05, 3.63) is 64.5 Å². The fourth-order valence-electron chi connectivity index (χ4n) is 3.73. The average Bonchev–Trinajstić information content (AvgIpc) is 3.42. The molecule has 1 amide bonds. The van der Waals surface area contributed by atoms with Crippen LogP contribution in [0.1, 0.15) is 28.1 Å². The van der Waals surface area contributed by atoms with Gasteiger partial charge in [-0.2, -0.15) is 5.26 Å². The highest BCUT2D eigenvalue weighted by Crippen LogP contribution is 2.26. The average molecular weight is 394 g/mol. The molecule has 4 rings (SSSR count). The molecule has 7 heteroatoms. The molecule has 0 saturated carbocycles. The smallest absolute Gasteiger partial charge is 0.265 e. The molecule has 2 aromatic rings. The van der Waals surface area contributed by atoms with Crippen LogP contribution in [-0.2, 0) is 0 Å². The van der Waals surface area contributed by atoms with E-state index in [0.29, 0.717) is 5.56 Å². The maximum atomic E-state index is 13.3. The predicted octanol–water partition coefficient (Wildman–Crippen LogP) is 3.02. The predicted molar refractivity (Wildman–Crippen MR) is 111 cm³/mol. The van der Waals surface area contributed by atoms with Gasteiger partial charge in [-0.15, -0.1) is 11.3 Å². The summed E-state index contributed by atoms with van der Waals surface area (Å²) in [4.78, 5) is 18.4. The van der Waals surface area contributed by atoms with E-state index in [1.807, 2.05) is 51.8 Å². The third-order valence-electron chi connectivity index (χ3n) is 5.31. The Morgan fingerprint density at radius 1 is 1.25 bits per heavy atom. The first-order valence-corrected chi connectivity index (χ1v) is 10.3. The van der Waals surface area contributed by atoms with Crippen molar-refractivity contribution in [2.24, 2.45) is 0 Å². The molecule has 1 N–H and O–H groups in total. The molecular weight excluding hydrogens is 370 g/mol. The van der Waals surface area contributed by atoms with E-state index in [4.69, 9.17) is 5.26 Å². The number of anilines is 1. The maximum Gasteiger partial charge on any atom is 0.265 e. The van der Waals surface area contributed by atoms with Crippen molar-refractivity contribution >= 4 is 22.9 Å². The molecule has 3 heterocycles. The van der Waals surface area contributed by atoms with E-state index < -0.39 is 0 Å². The molecule has 28 heavy (non-hydrogen) atoms. The molecule has 1 saturated heterocycles. The maximum absolute atomic E-state index is 13.3. The first-order chi connectivity index (χ1) is 13.7. The van der Waals surface area contributed by atoms with Gasteiger partial charge in [-0.3, -0.25) is 9.80 Å². The van der Waals surface area contributed by atoms with E-state index in [-0.39, 0.29) is 18.1 Å². The lowest BCUT2D eigenvalue weighted by molar-refractivity contribution is 0.0492. The van der Waals surface area contributed by atoms with Crippen LogP contribution in [0.3, 0.4) is 0 Å². The van der Waals surface area contributed by atoms with Crippen molar-refractivity contribution in [3.63, 3.8) is 0 Å². The summed E-state index contributed by atoms with van der Waals surface area (Å²) >= 11 is 1.49. The number of thiophene rings is 1. The van der Waals surface area contributed by atoms with E-state index >= 15 is 0 Å². The molecule has 0 aliphatic carbocycles. The molecule has 1 aromatic heterocycles. The molecule has 6 nitrogen and oxygen atoms in total. The lowest BCUT2D eigenvalue weighted by Gasteiger charge is -2.40. The molecule has 2 aliphatic rings. The van der Waals surface area contributed by atoms with Crippen LogP contribution >= 0.6 is 11.3 Å². The number of hydrogen-bond acceptors (Lipinski definition) is 6. The minimum Gasteiger partial charge on any atom is -0.314 e. The molecule has 1 fully saturated rings. The summed E-state index contributed by atoms with van der Waals surface area (Å²) in [6.07, 6.45) is 5.73. The normalized spacial score (nSPS) is 20.3. The van der Waals surface area contributed by atoms with Gasteiger partial charge in [-0.05, 0) is 74.8 Å². The number of nitriles is 1. The molecule has 1 atom stereocenters. The quantitative estimate of drug-likeness (QED) is 0.865. The van der Waals surface area contributed by atoms with Gasteiger partial charge in [0.1, 0.15) is 6.17 Å². The number of rotatable bonds is 4. The van der Waals surface area contributed by atoms with E-state index in [1.54, 1.807) is 12.1 Å². The van der Waals surface area contributed by atoms with E-state index in [0.717, 1.165) is 36.5 Å². The van der Waals surface area contributed by atoms with Gasteiger partial charge >= 0.3 is 0 Å². The summed E-state index contributed by atoms with van der Waals surface area (Å²) in [5.41, 5.74) is 5.00. The minimum atomic E-state index is -0.196. The third-order valence-corrected chi connectivity index (χ3v) is 6.17. The number of carbonyl (C=O) groups excluding carboxylic acids is 1. The highest BCUT2D eigenvalue weighted by atomic mass is 32.1. The zero-order chi connectivity index (χ0) is 19.5. The number of amides is 1. The van der Waals surface area contributed by atoms with Gasteiger partial charge in [-0.25, -0.2) is 5.43 Å². The second-order valence-electron chi connectivity index (χ2n) is 7.17. The summed E-state index contributed by atoms with van der Waals surface area (Å²) in [5.74, 6) is 0.0772. The Balaban J connectivity index is 1.54. The number of benzene rings is 1. The van der Waals surface area contributed by atoms with Gasteiger partial charge in [0.05, 0.1) is 22.2 Å². The van der Waals surface area contributed by atoms with Crippen LogP contribution in [0.15, 0.2) is 54.1 Å². The number of piperidine rings is 1. The summed E-state index contributed by atoms with van der Waals surface area (Å²) in [6.45, 7) is 1.99. The van der Waals surface area contributed by atoms with Gasteiger partial charge in [0.2, 0.25) is 0 Å². The number of nitrogens with one attached hydrogen (secondary N) is 1. The van der Waals surface area contributed by atoms with Crippen LogP contribution < -0.4 is 10.4 Å². The highest BCUT2D eigenvalue weighted by molar-refractivity contribution is 7.12. The van der Waals surface area contributed by atoms with E-state index in [9.17, 15) is 4.79 Å². The fourth-order valence-corrected chi connectivity index (χ4v) is 4.40. The standard InChI is InChI=1S/C21H23N5OS/c1-24-11-8-18(9-12-24)26(21(27)19-3-2-14-28-19)20-10-13-25(23-20)17-6-4-16(15-22)5-7-17/h2-7,10,13-14,18,20,23H,8-9,11-12H2,1H3. The van der Waals surface area contributed by atoms with E-state index in [2.05, 4.69) is 23.4 Å². The first kappa shape index (κ1) is 18.7. The molecule has 144 valence electrons. The van der Waals surface area contributed by atoms with Crippen LogP contribution in [-0.4, -0.2) is 48.1 Å². The summed E-state index contributed by atoms with van der Waals surface area (Å²) in [7, 11) is 2.13. The molecule has 2 aliphatic heterocycles. The Morgan fingerprint density at radius 3 is 2.64 bits per heavy atom. The summed E-state index contributed by atoms with van der Waals surface area (Å²) in [5, 5.41) is 12.8. The monoisotopic (exact) mass is 393 g/mol. The van der Waals surface area contributed by atoms with Crippen molar-refractivity contribution in [1.29, 1.82) is 5.26 Å². The second-order valence-corrected chi connectivity index (χ2v) is 8.12. The Kier molecular flexibility index (Phi) is 5.44. The number of hydrazine groups is 1. The number of likely N-dealkylation sites (tertiary alicyclic amines) is 1. The zero-order valence-electron chi connectivity index (χ0n) is 15.8. The third kappa shape index (κ3) is 3.80. The molecular formula is C21H23N5OS. The fraction of sp³-hybridized carbons (Fsp3) is 0.333. The van der Waals surface area contributed by atoms with Gasteiger partial charge in [-0.1, -0.05) is 6.07 Å². The molecule has 0 radical (unpaired) electrons. The van der Waals surface area contributed by atoms with Crippen molar-refractivity contribution in [3.8, 4) is 6.07 Å². The molecule has 0 bridgehead atoms. The summed E-state index contributed by atoms with van der Waals surface area (Å²) < 4.78 is 0. The van der Waals surface area contributed by atoms with Crippen molar-refractivity contribution < 1.29 is 4.79 Å². The lowest BCUT2D eigenvalue weighted by atomic mass is 10.0. The highest BCUT2D eigenvalue weighted by Gasteiger charge is 2.35. The SMILES string of the molecule is CN1CCC(N(C(=O)c2cccs2)C2C=CN(c3ccc(C#N)cc3)N2)CC1. The largest absolute Gasteiger partial charge is 0.314 e. The number of nitrogens with zero attached hydrogens (tertiary/aromatic N) is 4. The second kappa shape index (κ2) is 8.15. The van der Waals surface area contributed by atoms with Crippen LogP contribution in [0.2, 0.25) is 0 Å². The Morgan fingerprint density at radius 2 is 2.00 bits per heavy atom. The molecule has 0 spiro atoms. The first-order valence-electron chi connectivity index (χ1n) is 9.44. The van der Waals surface area contributed by atoms with Crippen molar-refractivity contribution in [2.45, 2.75) is 25.0 Å². The van der Waals surface area contributed by atoms with Gasteiger partial charge in [0.15, 0.2) is 0 Å². The van der Waals surface area contributed by atoms with Gasteiger partial charge in [0.25, 0.3) is 5.91 Å². The zero-order valence-corrected chi connectivity index (χ0v) is 16.6. The molecule has 1 aromatic carbocycles.